The smallest absolute Gasteiger partial charge is 0.227 e. The Morgan fingerprint density at radius 2 is 1.68 bits per heavy atom. The molecule has 0 aromatic heterocycles. The summed E-state index contributed by atoms with van der Waals surface area (Å²) in [5.41, 5.74) is 4.33. The van der Waals surface area contributed by atoms with E-state index in [9.17, 15) is 4.79 Å². The molecule has 1 aliphatic rings. The molecular weight excluding hydrogens is 308 g/mol. The molecule has 2 aromatic rings. The lowest BCUT2D eigenvalue weighted by Gasteiger charge is -2.11. The molecule has 0 aliphatic heterocycles. The third-order valence-electron chi connectivity index (χ3n) is 4.61. The van der Waals surface area contributed by atoms with E-state index in [4.69, 9.17) is 0 Å². The Morgan fingerprint density at radius 3 is 2.44 bits per heavy atom. The van der Waals surface area contributed by atoms with Crippen molar-refractivity contribution in [3.8, 4) is 0 Å². The minimum atomic E-state index is 0.145. The summed E-state index contributed by atoms with van der Waals surface area (Å²) in [5, 5.41) is 6.46. The summed E-state index contributed by atoms with van der Waals surface area (Å²) in [6, 6.07) is 16.6. The van der Waals surface area contributed by atoms with Crippen LogP contribution in [0.25, 0.3) is 0 Å². The first-order chi connectivity index (χ1) is 12.2. The van der Waals surface area contributed by atoms with Gasteiger partial charge in [0.25, 0.3) is 0 Å². The number of benzene rings is 2. The van der Waals surface area contributed by atoms with E-state index in [-0.39, 0.29) is 11.8 Å². The number of hydrogen-bond acceptors (Lipinski definition) is 2. The standard InChI is InChI=1S/C22H28N2O/c1-2-3-4-5-8-17-9-6-10-19(15-17)23-20-11-7-12-21(16-20)24-22(25)18-13-14-18/h6-7,9-12,15-16,18,23H,2-5,8,13-14H2,1H3,(H,24,25). The van der Waals surface area contributed by atoms with E-state index in [2.05, 4.69) is 41.8 Å². The van der Waals surface area contributed by atoms with Gasteiger partial charge in [0.1, 0.15) is 0 Å². The SMILES string of the molecule is CCCCCCc1cccc(Nc2cccc(NC(=O)C3CC3)c2)c1. The van der Waals surface area contributed by atoms with Gasteiger partial charge in [-0.25, -0.2) is 0 Å². The van der Waals surface area contributed by atoms with Crippen LogP contribution < -0.4 is 10.6 Å². The second-order valence-electron chi connectivity index (χ2n) is 6.98. The molecule has 132 valence electrons. The summed E-state index contributed by atoms with van der Waals surface area (Å²) in [6.07, 6.45) is 8.32. The van der Waals surface area contributed by atoms with Crippen molar-refractivity contribution in [1.82, 2.24) is 0 Å². The van der Waals surface area contributed by atoms with E-state index >= 15 is 0 Å². The van der Waals surface area contributed by atoms with Gasteiger partial charge in [-0.15, -0.1) is 0 Å². The highest BCUT2D eigenvalue weighted by Crippen LogP contribution is 2.30. The summed E-state index contributed by atoms with van der Waals surface area (Å²) in [7, 11) is 0. The number of carbonyl (C=O) groups excluding carboxylic acids is 1. The highest BCUT2D eigenvalue weighted by molar-refractivity contribution is 5.94. The van der Waals surface area contributed by atoms with Crippen LogP contribution in [0.1, 0.15) is 51.0 Å². The molecule has 1 amide bonds. The van der Waals surface area contributed by atoms with Crippen molar-refractivity contribution >= 4 is 23.0 Å². The molecule has 3 heteroatoms. The van der Waals surface area contributed by atoms with Crippen LogP contribution >= 0.6 is 0 Å². The molecule has 0 saturated heterocycles. The van der Waals surface area contributed by atoms with Gasteiger partial charge in [-0.1, -0.05) is 44.4 Å². The zero-order valence-corrected chi connectivity index (χ0v) is 15.1. The first-order valence-electron chi connectivity index (χ1n) is 9.51. The average molecular weight is 336 g/mol. The van der Waals surface area contributed by atoms with Crippen molar-refractivity contribution in [3.05, 3.63) is 54.1 Å². The third-order valence-corrected chi connectivity index (χ3v) is 4.61. The summed E-state index contributed by atoms with van der Waals surface area (Å²) in [5.74, 6) is 0.368. The topological polar surface area (TPSA) is 41.1 Å². The number of nitrogens with one attached hydrogen (secondary N) is 2. The Labute approximate surface area is 150 Å². The van der Waals surface area contributed by atoms with Crippen LogP contribution in [-0.4, -0.2) is 5.91 Å². The Hall–Kier alpha value is -2.29. The zero-order chi connectivity index (χ0) is 17.5. The van der Waals surface area contributed by atoms with Crippen molar-refractivity contribution in [2.45, 2.75) is 51.9 Å². The van der Waals surface area contributed by atoms with Crippen LogP contribution in [0, 0.1) is 5.92 Å². The summed E-state index contributed by atoms with van der Waals surface area (Å²) < 4.78 is 0. The number of amides is 1. The minimum Gasteiger partial charge on any atom is -0.355 e. The van der Waals surface area contributed by atoms with Gasteiger partial charge in [-0.05, 0) is 61.6 Å². The summed E-state index contributed by atoms with van der Waals surface area (Å²) in [6.45, 7) is 2.24. The normalized spacial score (nSPS) is 13.5. The molecule has 0 spiro atoms. The fourth-order valence-electron chi connectivity index (χ4n) is 2.99. The second-order valence-corrected chi connectivity index (χ2v) is 6.98. The number of carbonyl (C=O) groups is 1. The van der Waals surface area contributed by atoms with Gasteiger partial charge in [-0.3, -0.25) is 4.79 Å². The largest absolute Gasteiger partial charge is 0.355 e. The maximum absolute atomic E-state index is 11.9. The van der Waals surface area contributed by atoms with Gasteiger partial charge in [-0.2, -0.15) is 0 Å². The molecule has 2 N–H and O–H groups in total. The van der Waals surface area contributed by atoms with Gasteiger partial charge < -0.3 is 10.6 Å². The molecule has 3 rings (SSSR count). The molecule has 0 atom stereocenters. The van der Waals surface area contributed by atoms with Crippen molar-refractivity contribution in [2.75, 3.05) is 10.6 Å². The number of rotatable bonds is 9. The highest BCUT2D eigenvalue weighted by Gasteiger charge is 2.29. The molecule has 25 heavy (non-hydrogen) atoms. The van der Waals surface area contributed by atoms with Gasteiger partial charge in [0, 0.05) is 23.0 Å². The molecule has 0 unspecified atom stereocenters. The first kappa shape index (κ1) is 17.5. The Balaban J connectivity index is 1.58. The van der Waals surface area contributed by atoms with Crippen LogP contribution in [0.4, 0.5) is 17.1 Å². The molecule has 0 heterocycles. The third kappa shape index (κ3) is 5.63. The predicted octanol–water partition coefficient (Wildman–Crippen LogP) is 5.90. The highest BCUT2D eigenvalue weighted by atomic mass is 16.2. The Bertz CT molecular complexity index is 707. The van der Waals surface area contributed by atoms with Gasteiger partial charge in [0.2, 0.25) is 5.91 Å². The van der Waals surface area contributed by atoms with E-state index in [1.54, 1.807) is 0 Å². The van der Waals surface area contributed by atoms with Crippen molar-refractivity contribution in [3.63, 3.8) is 0 Å². The fraction of sp³-hybridized carbons (Fsp3) is 0.409. The van der Waals surface area contributed by atoms with Crippen LogP contribution in [0.15, 0.2) is 48.5 Å². The molecule has 1 aliphatic carbocycles. The van der Waals surface area contributed by atoms with Gasteiger partial charge in [0.05, 0.1) is 0 Å². The molecule has 0 radical (unpaired) electrons. The van der Waals surface area contributed by atoms with E-state index in [0.29, 0.717) is 0 Å². The number of aryl methyl sites for hydroxylation is 1. The number of anilines is 3. The summed E-state index contributed by atoms with van der Waals surface area (Å²) >= 11 is 0. The maximum Gasteiger partial charge on any atom is 0.227 e. The average Bonchev–Trinajstić information content (AvgIpc) is 3.45. The lowest BCUT2D eigenvalue weighted by atomic mass is 10.1. The molecule has 2 aromatic carbocycles. The van der Waals surface area contributed by atoms with Gasteiger partial charge in [0.15, 0.2) is 0 Å². The van der Waals surface area contributed by atoms with E-state index in [1.807, 2.05) is 24.3 Å². The minimum absolute atomic E-state index is 0.145. The van der Waals surface area contributed by atoms with Crippen molar-refractivity contribution in [1.29, 1.82) is 0 Å². The lowest BCUT2D eigenvalue weighted by molar-refractivity contribution is -0.117. The Kier molecular flexibility index (Phi) is 6.10. The number of hydrogen-bond donors (Lipinski definition) is 2. The zero-order valence-electron chi connectivity index (χ0n) is 15.1. The lowest BCUT2D eigenvalue weighted by Crippen LogP contribution is -2.13. The monoisotopic (exact) mass is 336 g/mol. The van der Waals surface area contributed by atoms with Crippen LogP contribution in [0.3, 0.4) is 0 Å². The van der Waals surface area contributed by atoms with Gasteiger partial charge >= 0.3 is 0 Å². The summed E-state index contributed by atoms with van der Waals surface area (Å²) in [4.78, 5) is 11.9. The molecule has 1 fully saturated rings. The first-order valence-corrected chi connectivity index (χ1v) is 9.51. The van der Waals surface area contributed by atoms with E-state index in [0.717, 1.165) is 36.3 Å². The quantitative estimate of drug-likeness (QED) is 0.560. The number of unbranched alkanes of at least 4 members (excludes halogenated alkanes) is 3. The molecule has 1 saturated carbocycles. The van der Waals surface area contributed by atoms with E-state index in [1.165, 1.54) is 31.2 Å². The molecular formula is C22H28N2O. The fourth-order valence-corrected chi connectivity index (χ4v) is 2.99. The van der Waals surface area contributed by atoms with Crippen LogP contribution in [0.5, 0.6) is 0 Å². The Morgan fingerprint density at radius 1 is 0.960 bits per heavy atom. The van der Waals surface area contributed by atoms with Crippen molar-refractivity contribution in [2.24, 2.45) is 5.92 Å². The van der Waals surface area contributed by atoms with E-state index < -0.39 is 0 Å². The second kappa shape index (κ2) is 8.70. The molecule has 3 nitrogen and oxygen atoms in total. The van der Waals surface area contributed by atoms with Crippen LogP contribution in [0.2, 0.25) is 0 Å². The maximum atomic E-state index is 11.9. The predicted molar refractivity (Wildman–Crippen MR) is 105 cm³/mol. The van der Waals surface area contributed by atoms with Crippen LogP contribution in [-0.2, 0) is 11.2 Å². The van der Waals surface area contributed by atoms with Crippen molar-refractivity contribution < 1.29 is 4.79 Å². The molecule has 0 bridgehead atoms.